The van der Waals surface area contributed by atoms with Crippen molar-refractivity contribution >= 4 is 23.1 Å². The molecule has 0 unspecified atom stereocenters. The van der Waals surface area contributed by atoms with Crippen LogP contribution in [0.1, 0.15) is 6.92 Å². The van der Waals surface area contributed by atoms with Gasteiger partial charge < -0.3 is 24.8 Å². The first-order valence-corrected chi connectivity index (χ1v) is 8.41. The largest absolute Gasteiger partial charge is 0.497 e. The normalized spacial score (nSPS) is 10.2. The second kappa shape index (κ2) is 8.70. The number of hydrogen-bond donors (Lipinski definition) is 2. The standard InChI is InChI=1S/C19H21N5O3/c1-4-27-16-8-6-5-7-14(16)21-18-12-20-24-19(23-18)22-15-10-9-13(25-2)11-17(15)26-3/h5-12H,4H2,1-3H3,(H2,21,22,23,24). The molecule has 0 aliphatic rings. The molecule has 3 aromatic rings. The van der Waals surface area contributed by atoms with E-state index in [4.69, 9.17) is 14.2 Å². The van der Waals surface area contributed by atoms with Crippen LogP contribution in [0.3, 0.4) is 0 Å². The molecule has 1 aromatic heterocycles. The molecule has 3 rings (SSSR count). The molecule has 8 nitrogen and oxygen atoms in total. The first kappa shape index (κ1) is 18.2. The summed E-state index contributed by atoms with van der Waals surface area (Å²) in [5.41, 5.74) is 1.50. The molecule has 0 saturated heterocycles. The molecule has 0 spiro atoms. The number of anilines is 4. The average molecular weight is 367 g/mol. The minimum absolute atomic E-state index is 0.331. The Balaban J connectivity index is 1.81. The summed E-state index contributed by atoms with van der Waals surface area (Å²) in [6.07, 6.45) is 1.54. The van der Waals surface area contributed by atoms with Crippen molar-refractivity contribution in [1.82, 2.24) is 15.2 Å². The van der Waals surface area contributed by atoms with Crippen molar-refractivity contribution in [2.45, 2.75) is 6.92 Å². The molecule has 1 heterocycles. The molecular formula is C19H21N5O3. The lowest BCUT2D eigenvalue weighted by Gasteiger charge is -2.13. The maximum atomic E-state index is 5.62. The zero-order chi connectivity index (χ0) is 19.1. The van der Waals surface area contributed by atoms with Crippen molar-refractivity contribution in [3.63, 3.8) is 0 Å². The summed E-state index contributed by atoms with van der Waals surface area (Å²) in [5.74, 6) is 2.91. The fraction of sp³-hybridized carbons (Fsp3) is 0.211. The van der Waals surface area contributed by atoms with E-state index in [9.17, 15) is 0 Å². The molecular weight excluding hydrogens is 346 g/mol. The molecule has 0 amide bonds. The Morgan fingerprint density at radius 2 is 1.74 bits per heavy atom. The lowest BCUT2D eigenvalue weighted by atomic mass is 10.2. The van der Waals surface area contributed by atoms with Crippen molar-refractivity contribution in [3.8, 4) is 17.2 Å². The van der Waals surface area contributed by atoms with E-state index >= 15 is 0 Å². The monoisotopic (exact) mass is 367 g/mol. The van der Waals surface area contributed by atoms with Crippen LogP contribution < -0.4 is 24.8 Å². The molecule has 0 aliphatic heterocycles. The van der Waals surface area contributed by atoms with Crippen molar-refractivity contribution in [1.29, 1.82) is 0 Å². The van der Waals surface area contributed by atoms with Crippen LogP contribution in [-0.4, -0.2) is 36.0 Å². The second-order valence-electron chi connectivity index (χ2n) is 5.41. The highest BCUT2D eigenvalue weighted by Gasteiger charge is 2.09. The summed E-state index contributed by atoms with van der Waals surface area (Å²) in [6, 6.07) is 13.0. The van der Waals surface area contributed by atoms with Crippen LogP contribution in [-0.2, 0) is 0 Å². The quantitative estimate of drug-likeness (QED) is 0.622. The van der Waals surface area contributed by atoms with Gasteiger partial charge in [0.15, 0.2) is 5.82 Å². The minimum Gasteiger partial charge on any atom is -0.497 e. The van der Waals surface area contributed by atoms with Gasteiger partial charge in [0.05, 0.1) is 38.4 Å². The molecule has 2 aromatic carbocycles. The molecule has 140 valence electrons. The highest BCUT2D eigenvalue weighted by molar-refractivity contribution is 5.67. The minimum atomic E-state index is 0.331. The molecule has 2 N–H and O–H groups in total. The Kier molecular flexibility index (Phi) is 5.88. The van der Waals surface area contributed by atoms with E-state index < -0.39 is 0 Å². The van der Waals surface area contributed by atoms with E-state index in [0.717, 1.165) is 11.4 Å². The van der Waals surface area contributed by atoms with Crippen molar-refractivity contribution in [2.24, 2.45) is 0 Å². The van der Waals surface area contributed by atoms with Gasteiger partial charge in [0, 0.05) is 6.07 Å². The number of para-hydroxylation sites is 2. The number of nitrogens with one attached hydrogen (secondary N) is 2. The number of hydrogen-bond acceptors (Lipinski definition) is 8. The first-order chi connectivity index (χ1) is 13.2. The van der Waals surface area contributed by atoms with Gasteiger partial charge in [0.25, 0.3) is 0 Å². The highest BCUT2D eigenvalue weighted by Crippen LogP contribution is 2.31. The Bertz CT molecular complexity index is 904. The zero-order valence-corrected chi connectivity index (χ0v) is 15.4. The smallest absolute Gasteiger partial charge is 0.249 e. The number of nitrogens with zero attached hydrogens (tertiary/aromatic N) is 3. The maximum Gasteiger partial charge on any atom is 0.249 e. The molecule has 0 bridgehead atoms. The number of ether oxygens (including phenoxy) is 3. The van der Waals surface area contributed by atoms with Gasteiger partial charge in [-0.05, 0) is 31.2 Å². The predicted octanol–water partition coefficient (Wildman–Crippen LogP) is 3.77. The summed E-state index contributed by atoms with van der Waals surface area (Å²) in [6.45, 7) is 2.51. The molecule has 0 radical (unpaired) electrons. The van der Waals surface area contributed by atoms with Gasteiger partial charge in [-0.2, -0.15) is 10.1 Å². The van der Waals surface area contributed by atoms with Gasteiger partial charge in [-0.25, -0.2) is 0 Å². The molecule has 0 fully saturated rings. The number of benzene rings is 2. The third-order valence-corrected chi connectivity index (χ3v) is 3.66. The van der Waals surface area contributed by atoms with Gasteiger partial charge in [-0.3, -0.25) is 0 Å². The van der Waals surface area contributed by atoms with Crippen LogP contribution in [0.25, 0.3) is 0 Å². The van der Waals surface area contributed by atoms with Gasteiger partial charge in [0.1, 0.15) is 17.2 Å². The molecule has 0 aliphatic carbocycles. The fourth-order valence-corrected chi connectivity index (χ4v) is 2.43. The summed E-state index contributed by atoms with van der Waals surface area (Å²) in [4.78, 5) is 4.44. The van der Waals surface area contributed by atoms with Crippen molar-refractivity contribution in [2.75, 3.05) is 31.5 Å². The summed E-state index contributed by atoms with van der Waals surface area (Å²) >= 11 is 0. The van der Waals surface area contributed by atoms with Crippen LogP contribution in [0.15, 0.2) is 48.7 Å². The Morgan fingerprint density at radius 1 is 0.926 bits per heavy atom. The van der Waals surface area contributed by atoms with Gasteiger partial charge >= 0.3 is 0 Å². The zero-order valence-electron chi connectivity index (χ0n) is 15.4. The third-order valence-electron chi connectivity index (χ3n) is 3.66. The van der Waals surface area contributed by atoms with E-state index in [1.807, 2.05) is 43.3 Å². The van der Waals surface area contributed by atoms with E-state index in [0.29, 0.717) is 35.6 Å². The van der Waals surface area contributed by atoms with Crippen molar-refractivity contribution < 1.29 is 14.2 Å². The Hall–Kier alpha value is -3.55. The Morgan fingerprint density at radius 3 is 2.52 bits per heavy atom. The second-order valence-corrected chi connectivity index (χ2v) is 5.41. The number of methoxy groups -OCH3 is 2. The van der Waals surface area contributed by atoms with Crippen LogP contribution in [0.2, 0.25) is 0 Å². The lowest BCUT2D eigenvalue weighted by molar-refractivity contribution is 0.342. The summed E-state index contributed by atoms with van der Waals surface area (Å²) in [5, 5.41) is 14.3. The Labute approximate surface area is 157 Å². The van der Waals surface area contributed by atoms with Crippen LogP contribution >= 0.6 is 0 Å². The van der Waals surface area contributed by atoms with Crippen LogP contribution in [0.4, 0.5) is 23.1 Å². The van der Waals surface area contributed by atoms with E-state index in [1.54, 1.807) is 26.5 Å². The van der Waals surface area contributed by atoms with Crippen molar-refractivity contribution in [3.05, 3.63) is 48.7 Å². The van der Waals surface area contributed by atoms with E-state index in [-0.39, 0.29) is 0 Å². The SMILES string of the molecule is CCOc1ccccc1Nc1cnnc(Nc2ccc(OC)cc2OC)n1. The van der Waals surface area contributed by atoms with Gasteiger partial charge in [-0.1, -0.05) is 12.1 Å². The summed E-state index contributed by atoms with van der Waals surface area (Å²) in [7, 11) is 3.19. The maximum absolute atomic E-state index is 5.62. The summed E-state index contributed by atoms with van der Waals surface area (Å²) < 4.78 is 16.2. The molecule has 0 atom stereocenters. The first-order valence-electron chi connectivity index (χ1n) is 8.41. The van der Waals surface area contributed by atoms with Gasteiger partial charge in [-0.15, -0.1) is 5.10 Å². The lowest BCUT2D eigenvalue weighted by Crippen LogP contribution is -2.04. The highest BCUT2D eigenvalue weighted by atomic mass is 16.5. The van der Waals surface area contributed by atoms with Crippen LogP contribution in [0.5, 0.6) is 17.2 Å². The number of aromatic nitrogens is 3. The topological polar surface area (TPSA) is 90.4 Å². The van der Waals surface area contributed by atoms with E-state index in [1.165, 1.54) is 0 Å². The predicted molar refractivity (Wildman–Crippen MR) is 104 cm³/mol. The van der Waals surface area contributed by atoms with Crippen LogP contribution in [0, 0.1) is 0 Å². The molecule has 0 saturated carbocycles. The molecule has 8 heteroatoms. The average Bonchev–Trinajstić information content (AvgIpc) is 2.70. The van der Waals surface area contributed by atoms with Gasteiger partial charge in [0.2, 0.25) is 5.95 Å². The van der Waals surface area contributed by atoms with E-state index in [2.05, 4.69) is 25.8 Å². The fourth-order valence-electron chi connectivity index (χ4n) is 2.43. The number of rotatable bonds is 8. The third kappa shape index (κ3) is 4.55. The molecule has 27 heavy (non-hydrogen) atoms.